The summed E-state index contributed by atoms with van der Waals surface area (Å²) in [5.74, 6) is -1.59. The predicted octanol–water partition coefficient (Wildman–Crippen LogP) is 3.90. The molecule has 1 N–H and O–H groups in total. The fourth-order valence-electron chi connectivity index (χ4n) is 5.54. The van der Waals surface area contributed by atoms with Gasteiger partial charge < -0.3 is 9.84 Å². The van der Waals surface area contributed by atoms with Crippen LogP contribution in [-0.4, -0.2) is 33.4 Å². The number of hydrogen-bond acceptors (Lipinski definition) is 5. The molecule has 1 amide bonds. The van der Waals surface area contributed by atoms with Crippen molar-refractivity contribution in [3.05, 3.63) is 91.3 Å². The monoisotopic (exact) mass is 529 g/mol. The van der Waals surface area contributed by atoms with Crippen molar-refractivity contribution in [2.75, 3.05) is 11.9 Å². The van der Waals surface area contributed by atoms with Gasteiger partial charge in [-0.05, 0) is 54.7 Å². The van der Waals surface area contributed by atoms with Gasteiger partial charge in [0, 0.05) is 18.8 Å². The van der Waals surface area contributed by atoms with E-state index in [-0.39, 0.29) is 42.7 Å². The van der Waals surface area contributed by atoms with E-state index in [0.717, 1.165) is 21.4 Å². The van der Waals surface area contributed by atoms with Crippen LogP contribution < -0.4 is 16.1 Å². The number of carbonyl (C=O) groups excluding carboxylic acids is 1. The molecule has 2 aliphatic rings. The van der Waals surface area contributed by atoms with Crippen LogP contribution in [-0.2, 0) is 29.5 Å². The summed E-state index contributed by atoms with van der Waals surface area (Å²) < 4.78 is 48.1. The zero-order chi connectivity index (χ0) is 27.6. The zero-order valence-electron chi connectivity index (χ0n) is 20.3. The Hall–Kier alpha value is -4.35. The highest BCUT2D eigenvalue weighted by Gasteiger charge is 2.46. The van der Waals surface area contributed by atoms with Gasteiger partial charge in [0.25, 0.3) is 5.56 Å². The van der Waals surface area contributed by atoms with Crippen molar-refractivity contribution in [3.8, 4) is 5.69 Å². The SMILES string of the molecule is CCC1(n2c(=O)c(C(=O)O)cn(-c3ccc4c(c3)COC(=O)N4C)c2=O)CCc2c(C(F)(F)F)cccc21. The molecule has 1 aromatic heterocycles. The van der Waals surface area contributed by atoms with Gasteiger partial charge in [0.05, 0.1) is 22.5 Å². The molecule has 0 saturated carbocycles. The first-order chi connectivity index (χ1) is 17.9. The van der Waals surface area contributed by atoms with Gasteiger partial charge in [-0.3, -0.25) is 14.3 Å². The van der Waals surface area contributed by atoms with E-state index >= 15 is 0 Å². The van der Waals surface area contributed by atoms with Crippen molar-refractivity contribution in [1.82, 2.24) is 9.13 Å². The van der Waals surface area contributed by atoms with E-state index in [2.05, 4.69) is 0 Å². The molecular formula is C26H22F3N3O6. The molecule has 0 bridgehead atoms. The average molecular weight is 529 g/mol. The second kappa shape index (κ2) is 8.61. The molecule has 12 heteroatoms. The molecule has 1 aliphatic heterocycles. The van der Waals surface area contributed by atoms with Crippen molar-refractivity contribution >= 4 is 17.7 Å². The zero-order valence-corrected chi connectivity index (χ0v) is 20.3. The third-order valence-electron chi connectivity index (χ3n) is 7.43. The third kappa shape index (κ3) is 3.62. The van der Waals surface area contributed by atoms with Crippen LogP contribution in [0, 0.1) is 0 Å². The minimum atomic E-state index is -4.64. The summed E-state index contributed by atoms with van der Waals surface area (Å²) in [6.45, 7) is 1.56. The number of aromatic carboxylic acids is 1. The summed E-state index contributed by atoms with van der Waals surface area (Å²) in [4.78, 5) is 52.6. The number of anilines is 1. The number of ether oxygens (including phenoxy) is 1. The highest BCUT2D eigenvalue weighted by atomic mass is 19.4. The number of halogens is 3. The fourth-order valence-corrected chi connectivity index (χ4v) is 5.54. The molecule has 0 spiro atoms. The summed E-state index contributed by atoms with van der Waals surface area (Å²) in [6.07, 6.45) is -4.25. The largest absolute Gasteiger partial charge is 0.477 e. The number of carboxylic acids is 1. The van der Waals surface area contributed by atoms with Gasteiger partial charge in [0.1, 0.15) is 12.2 Å². The number of amides is 1. The Labute approximate surface area is 213 Å². The summed E-state index contributed by atoms with van der Waals surface area (Å²) in [7, 11) is 1.51. The van der Waals surface area contributed by atoms with E-state index < -0.39 is 46.2 Å². The maximum Gasteiger partial charge on any atom is 0.416 e. The Morgan fingerprint density at radius 2 is 1.89 bits per heavy atom. The van der Waals surface area contributed by atoms with Crippen LogP contribution in [0.4, 0.5) is 23.7 Å². The summed E-state index contributed by atoms with van der Waals surface area (Å²) >= 11 is 0. The van der Waals surface area contributed by atoms with E-state index in [0.29, 0.717) is 11.3 Å². The maximum absolute atomic E-state index is 13.9. The van der Waals surface area contributed by atoms with Crippen LogP contribution >= 0.6 is 0 Å². The van der Waals surface area contributed by atoms with E-state index in [1.807, 2.05) is 0 Å². The van der Waals surface area contributed by atoms with E-state index in [4.69, 9.17) is 4.74 Å². The van der Waals surface area contributed by atoms with E-state index in [1.165, 1.54) is 36.2 Å². The first kappa shape index (κ1) is 25.3. The molecule has 2 heterocycles. The molecular weight excluding hydrogens is 507 g/mol. The Balaban J connectivity index is 1.78. The summed E-state index contributed by atoms with van der Waals surface area (Å²) in [6, 6.07) is 8.21. The number of rotatable bonds is 4. The van der Waals surface area contributed by atoms with Gasteiger partial charge in [0.15, 0.2) is 0 Å². The van der Waals surface area contributed by atoms with Gasteiger partial charge >= 0.3 is 23.9 Å². The highest BCUT2D eigenvalue weighted by molar-refractivity contribution is 5.90. The Bertz CT molecular complexity index is 1620. The molecule has 1 aliphatic carbocycles. The number of alkyl halides is 3. The summed E-state index contributed by atoms with van der Waals surface area (Å²) in [5.41, 5.74) is -3.61. The lowest BCUT2D eigenvalue weighted by atomic mass is 9.87. The smallest absolute Gasteiger partial charge is 0.416 e. The van der Waals surface area contributed by atoms with Gasteiger partial charge in [-0.2, -0.15) is 13.2 Å². The Morgan fingerprint density at radius 1 is 1.16 bits per heavy atom. The number of nitrogens with zero attached hydrogens (tertiary/aromatic N) is 3. The van der Waals surface area contributed by atoms with Crippen LogP contribution in [0.25, 0.3) is 5.69 Å². The first-order valence-corrected chi connectivity index (χ1v) is 11.8. The molecule has 1 atom stereocenters. The molecule has 2 aromatic carbocycles. The van der Waals surface area contributed by atoms with E-state index in [9.17, 15) is 37.5 Å². The van der Waals surface area contributed by atoms with E-state index in [1.54, 1.807) is 13.0 Å². The third-order valence-corrected chi connectivity index (χ3v) is 7.43. The number of carbonyl (C=O) groups is 2. The normalized spacial score (nSPS) is 18.7. The Morgan fingerprint density at radius 3 is 2.55 bits per heavy atom. The quantitative estimate of drug-likeness (QED) is 0.549. The standard InChI is InChI=1S/C26H22F3N3O6/c1-3-25(10-9-16-18(25)5-4-6-19(16)26(27,28)29)32-21(33)17(22(34)35)12-31(23(32)36)15-7-8-20-14(11-15)13-38-24(37)30(20)2/h4-8,11-12H,3,9-10,13H2,1-2H3,(H,34,35). The van der Waals surface area contributed by atoms with Crippen molar-refractivity contribution in [1.29, 1.82) is 0 Å². The molecule has 198 valence electrons. The molecule has 1 unspecified atom stereocenters. The van der Waals surface area contributed by atoms with Gasteiger partial charge in [-0.25, -0.2) is 19.0 Å². The molecule has 3 aromatic rings. The first-order valence-electron chi connectivity index (χ1n) is 11.8. The summed E-state index contributed by atoms with van der Waals surface area (Å²) in [5, 5.41) is 9.81. The fraction of sp³-hybridized carbons (Fsp3) is 0.308. The van der Waals surface area contributed by atoms with Gasteiger partial charge in [-0.15, -0.1) is 0 Å². The molecule has 0 radical (unpaired) electrons. The maximum atomic E-state index is 13.9. The van der Waals surface area contributed by atoms with Crippen molar-refractivity contribution in [2.45, 2.75) is 44.5 Å². The minimum absolute atomic E-state index is 0.00901. The van der Waals surface area contributed by atoms with Crippen LogP contribution in [0.5, 0.6) is 0 Å². The number of aromatic nitrogens is 2. The lowest BCUT2D eigenvalue weighted by Gasteiger charge is -2.32. The second-order valence-electron chi connectivity index (χ2n) is 9.28. The lowest BCUT2D eigenvalue weighted by molar-refractivity contribution is -0.138. The molecule has 5 rings (SSSR count). The number of fused-ring (bicyclic) bond motifs is 2. The lowest BCUT2D eigenvalue weighted by Crippen LogP contribution is -2.52. The van der Waals surface area contributed by atoms with Crippen molar-refractivity contribution < 1.29 is 32.6 Å². The number of hydrogen-bond donors (Lipinski definition) is 1. The number of benzene rings is 2. The van der Waals surface area contributed by atoms with Gasteiger partial charge in [0.2, 0.25) is 0 Å². The minimum Gasteiger partial charge on any atom is -0.477 e. The van der Waals surface area contributed by atoms with Crippen LogP contribution in [0.2, 0.25) is 0 Å². The average Bonchev–Trinajstić information content (AvgIpc) is 3.25. The van der Waals surface area contributed by atoms with Crippen molar-refractivity contribution in [2.24, 2.45) is 0 Å². The number of cyclic esters (lactones) is 1. The van der Waals surface area contributed by atoms with Crippen molar-refractivity contribution in [3.63, 3.8) is 0 Å². The number of carboxylic acid groups (broad SMARTS) is 1. The second-order valence-corrected chi connectivity index (χ2v) is 9.28. The van der Waals surface area contributed by atoms with Gasteiger partial charge in [-0.1, -0.05) is 19.1 Å². The van der Waals surface area contributed by atoms with Crippen LogP contribution in [0.1, 0.15) is 52.4 Å². The molecule has 9 nitrogen and oxygen atoms in total. The molecule has 38 heavy (non-hydrogen) atoms. The van der Waals surface area contributed by atoms with Crippen LogP contribution in [0.3, 0.4) is 0 Å². The molecule has 0 saturated heterocycles. The molecule has 0 fully saturated rings. The highest BCUT2D eigenvalue weighted by Crippen LogP contribution is 2.46. The predicted molar refractivity (Wildman–Crippen MR) is 129 cm³/mol. The Kier molecular flexibility index (Phi) is 5.73. The van der Waals surface area contributed by atoms with Crippen LogP contribution in [0.15, 0.2) is 52.2 Å². The topological polar surface area (TPSA) is 111 Å².